The Bertz CT molecular complexity index is 953. The van der Waals surface area contributed by atoms with E-state index in [1.165, 1.54) is 12.3 Å². The summed E-state index contributed by atoms with van der Waals surface area (Å²) in [5.74, 6) is 0.542. The summed E-state index contributed by atoms with van der Waals surface area (Å²) in [5, 5.41) is 16.0. The van der Waals surface area contributed by atoms with Crippen molar-refractivity contribution in [2.45, 2.75) is 18.9 Å². The topological polar surface area (TPSA) is 90.9 Å². The molecule has 1 atom stereocenters. The third kappa shape index (κ3) is 3.14. The van der Waals surface area contributed by atoms with Gasteiger partial charge in [-0.1, -0.05) is 0 Å². The highest BCUT2D eigenvalue weighted by Crippen LogP contribution is 2.21. The van der Waals surface area contributed by atoms with Gasteiger partial charge in [0.15, 0.2) is 5.82 Å². The molecule has 2 N–H and O–H groups in total. The minimum absolute atomic E-state index is 0.252. The number of nitrogens with zero attached hydrogens (tertiary/aromatic N) is 5. The number of aromatic nitrogens is 4. The second-order valence-corrected chi connectivity index (χ2v) is 5.98. The van der Waals surface area contributed by atoms with E-state index < -0.39 is 0 Å². The first-order valence-corrected chi connectivity index (χ1v) is 8.12. The van der Waals surface area contributed by atoms with Crippen LogP contribution in [0, 0.1) is 17.1 Å². The predicted molar refractivity (Wildman–Crippen MR) is 90.4 cm³/mol. The number of piperidine rings is 1. The molecule has 7 nitrogen and oxygen atoms in total. The van der Waals surface area contributed by atoms with Crippen LogP contribution in [0.15, 0.2) is 30.6 Å². The predicted octanol–water partition coefficient (Wildman–Crippen LogP) is 1.97. The van der Waals surface area contributed by atoms with Crippen molar-refractivity contribution in [2.75, 3.05) is 18.4 Å². The van der Waals surface area contributed by atoms with E-state index in [0.29, 0.717) is 23.0 Å². The summed E-state index contributed by atoms with van der Waals surface area (Å²) >= 11 is 0. The second kappa shape index (κ2) is 6.45. The van der Waals surface area contributed by atoms with Crippen LogP contribution in [0.1, 0.15) is 18.5 Å². The molecule has 4 heterocycles. The molecule has 1 fully saturated rings. The van der Waals surface area contributed by atoms with Crippen LogP contribution in [-0.2, 0) is 0 Å². The van der Waals surface area contributed by atoms with Gasteiger partial charge in [0.25, 0.3) is 0 Å². The van der Waals surface area contributed by atoms with Gasteiger partial charge in [-0.3, -0.25) is 4.40 Å². The average Bonchev–Trinajstić information content (AvgIpc) is 3.05. The molecule has 4 rings (SSSR count). The molecule has 126 valence electrons. The quantitative estimate of drug-likeness (QED) is 0.759. The van der Waals surface area contributed by atoms with Gasteiger partial charge in [-0.25, -0.2) is 19.3 Å². The first-order chi connectivity index (χ1) is 12.2. The van der Waals surface area contributed by atoms with Gasteiger partial charge in [0.2, 0.25) is 0 Å². The molecule has 1 saturated heterocycles. The van der Waals surface area contributed by atoms with E-state index in [1.807, 2.05) is 0 Å². The van der Waals surface area contributed by atoms with Gasteiger partial charge in [-0.05, 0) is 31.5 Å². The van der Waals surface area contributed by atoms with Crippen LogP contribution in [0.4, 0.5) is 10.2 Å². The summed E-state index contributed by atoms with van der Waals surface area (Å²) in [6.07, 6.45) is 5.04. The number of anilines is 1. The highest BCUT2D eigenvalue weighted by Gasteiger charge is 2.16. The fraction of sp³-hybridized carbons (Fsp3) is 0.294. The third-order valence-corrected chi connectivity index (χ3v) is 4.19. The summed E-state index contributed by atoms with van der Waals surface area (Å²) in [5.41, 5.74) is 1.38. The number of imidazole rings is 1. The average molecular weight is 337 g/mol. The van der Waals surface area contributed by atoms with Gasteiger partial charge in [-0.2, -0.15) is 5.26 Å². The van der Waals surface area contributed by atoms with Crippen molar-refractivity contribution in [1.82, 2.24) is 24.7 Å². The van der Waals surface area contributed by atoms with Gasteiger partial charge in [0.1, 0.15) is 34.7 Å². The lowest BCUT2D eigenvalue weighted by molar-refractivity contribution is 0.479. The number of nitrogens with one attached hydrogen (secondary N) is 2. The minimum Gasteiger partial charge on any atom is -0.366 e. The zero-order chi connectivity index (χ0) is 17.2. The molecule has 3 aromatic heterocycles. The van der Waals surface area contributed by atoms with Crippen molar-refractivity contribution < 1.29 is 4.39 Å². The lowest BCUT2D eigenvalue weighted by Crippen LogP contribution is -2.38. The molecule has 0 bridgehead atoms. The van der Waals surface area contributed by atoms with Crippen molar-refractivity contribution >= 4 is 11.5 Å². The maximum Gasteiger partial charge on any atom is 0.181 e. The fourth-order valence-corrected chi connectivity index (χ4v) is 3.00. The standard InChI is InChI=1S/C17H16FN7/c18-11-3-4-16-21-9-14(25(16)10-11)17-23-13(7-19)6-15(24-17)22-12-2-1-5-20-8-12/h3-4,6,9-10,12,20H,1-2,5,8H2,(H,22,23,24)/t12-/m1/s1. The van der Waals surface area contributed by atoms with Crippen molar-refractivity contribution in [3.8, 4) is 17.6 Å². The minimum atomic E-state index is -0.380. The van der Waals surface area contributed by atoms with E-state index in [4.69, 9.17) is 0 Å². The number of hydrogen-bond donors (Lipinski definition) is 2. The fourth-order valence-electron chi connectivity index (χ4n) is 3.00. The van der Waals surface area contributed by atoms with Gasteiger partial charge in [0, 0.05) is 24.8 Å². The van der Waals surface area contributed by atoms with Gasteiger partial charge in [-0.15, -0.1) is 0 Å². The smallest absolute Gasteiger partial charge is 0.181 e. The molecule has 1 aliphatic rings. The molecule has 0 spiro atoms. The molecule has 1 aliphatic heterocycles. The monoisotopic (exact) mass is 337 g/mol. The Morgan fingerprint density at radius 2 is 2.28 bits per heavy atom. The molecule has 0 amide bonds. The van der Waals surface area contributed by atoms with Crippen LogP contribution < -0.4 is 10.6 Å². The molecule has 0 saturated carbocycles. The number of hydrogen-bond acceptors (Lipinski definition) is 6. The van der Waals surface area contributed by atoms with E-state index in [1.54, 1.807) is 22.7 Å². The third-order valence-electron chi connectivity index (χ3n) is 4.19. The maximum atomic E-state index is 13.6. The Morgan fingerprint density at radius 1 is 1.36 bits per heavy atom. The molecule has 0 radical (unpaired) electrons. The molecule has 25 heavy (non-hydrogen) atoms. The summed E-state index contributed by atoms with van der Waals surface area (Å²) in [6.45, 7) is 1.87. The Hall–Kier alpha value is -3.05. The number of halogens is 1. The van der Waals surface area contributed by atoms with E-state index in [9.17, 15) is 9.65 Å². The van der Waals surface area contributed by atoms with E-state index in [-0.39, 0.29) is 17.6 Å². The van der Waals surface area contributed by atoms with Crippen molar-refractivity contribution in [2.24, 2.45) is 0 Å². The first kappa shape index (κ1) is 15.5. The number of fused-ring (bicyclic) bond motifs is 1. The molecule has 0 aliphatic carbocycles. The van der Waals surface area contributed by atoms with Gasteiger partial charge >= 0.3 is 0 Å². The lowest BCUT2D eigenvalue weighted by Gasteiger charge is -2.24. The van der Waals surface area contributed by atoms with E-state index >= 15 is 0 Å². The summed E-state index contributed by atoms with van der Waals surface area (Å²) in [7, 11) is 0. The van der Waals surface area contributed by atoms with Crippen LogP contribution in [0.25, 0.3) is 17.2 Å². The highest BCUT2D eigenvalue weighted by atomic mass is 19.1. The Kier molecular flexibility index (Phi) is 3.99. The van der Waals surface area contributed by atoms with Crippen LogP contribution in [-0.4, -0.2) is 38.5 Å². The highest BCUT2D eigenvalue weighted by molar-refractivity contribution is 5.59. The van der Waals surface area contributed by atoms with Crippen molar-refractivity contribution in [3.05, 3.63) is 42.1 Å². The van der Waals surface area contributed by atoms with E-state index in [0.717, 1.165) is 25.9 Å². The van der Waals surface area contributed by atoms with Crippen molar-refractivity contribution in [3.63, 3.8) is 0 Å². The molecule has 0 aromatic carbocycles. The van der Waals surface area contributed by atoms with Crippen molar-refractivity contribution in [1.29, 1.82) is 5.26 Å². The Labute approximate surface area is 143 Å². The molecular weight excluding hydrogens is 321 g/mol. The second-order valence-electron chi connectivity index (χ2n) is 5.98. The van der Waals surface area contributed by atoms with Crippen LogP contribution >= 0.6 is 0 Å². The molecular formula is C17H16FN7. The molecule has 0 unspecified atom stereocenters. The normalized spacial score (nSPS) is 17.4. The van der Waals surface area contributed by atoms with Crippen LogP contribution in [0.2, 0.25) is 0 Å². The largest absolute Gasteiger partial charge is 0.366 e. The number of rotatable bonds is 3. The Balaban J connectivity index is 1.74. The molecule has 3 aromatic rings. The van der Waals surface area contributed by atoms with Gasteiger partial charge < -0.3 is 10.6 Å². The van der Waals surface area contributed by atoms with E-state index in [2.05, 4.69) is 31.7 Å². The summed E-state index contributed by atoms with van der Waals surface area (Å²) in [4.78, 5) is 13.0. The SMILES string of the molecule is N#Cc1cc(N[C@@H]2CCCNC2)nc(-c2cnc3ccc(F)cn23)n1. The van der Waals surface area contributed by atoms with Crippen LogP contribution in [0.3, 0.4) is 0 Å². The van der Waals surface area contributed by atoms with Gasteiger partial charge in [0.05, 0.1) is 6.20 Å². The summed E-state index contributed by atoms with van der Waals surface area (Å²) in [6, 6.07) is 6.87. The number of nitriles is 1. The van der Waals surface area contributed by atoms with Crippen LogP contribution in [0.5, 0.6) is 0 Å². The zero-order valence-corrected chi connectivity index (χ0v) is 13.4. The lowest BCUT2D eigenvalue weighted by atomic mass is 10.1. The zero-order valence-electron chi connectivity index (χ0n) is 13.4. The first-order valence-electron chi connectivity index (χ1n) is 8.12. The number of pyridine rings is 1. The molecule has 8 heteroatoms. The Morgan fingerprint density at radius 3 is 3.08 bits per heavy atom. The summed E-state index contributed by atoms with van der Waals surface area (Å²) < 4.78 is 15.2. The maximum absolute atomic E-state index is 13.6.